The molecule has 32 heteroatoms. The average molecular weight is 2180 g/mol. The molecular weight excluding hydrogens is 2100 g/mol. The van der Waals surface area contributed by atoms with Crippen molar-refractivity contribution in [1.82, 2.24) is 19.1 Å². The van der Waals surface area contributed by atoms with Crippen LogP contribution in [0, 0.1) is 61.6 Å². The van der Waals surface area contributed by atoms with Crippen LogP contribution in [0.15, 0.2) is 322 Å². The SMILES string of the molecule is C.CC(F)(F)C(=O)OC1C2CC3C1OC(=O)C3C2C(=O)O.CC(F)(F)C(=O)OC1C2CC3C1OC(=O)C3C2C(=O)Oc1ccc(Oc2cc(I)c(O)cc2I)cc1.O=C(n1ccnc1)n1ccnc1.Oc1ccc(Oc2cc(I)c(O)cc2I)cc1.c1ccc([S+](c2ccccc2)c2ccccc2)cc1.c1ccc([S+](c2ccccc2)c2ccccc2)cc1. The molecule has 4 bridgehead atoms. The molecule has 10 aromatic carbocycles. The van der Waals surface area contributed by atoms with Gasteiger partial charge in [0, 0.05) is 62.3 Å². The number of fused-ring (bicyclic) bond motifs is 2. The van der Waals surface area contributed by atoms with Crippen molar-refractivity contribution in [2.75, 3.05) is 0 Å². The molecule has 12 unspecified atom stereocenters. The van der Waals surface area contributed by atoms with E-state index in [0.29, 0.717) is 56.8 Å². The highest BCUT2D eigenvalue weighted by Gasteiger charge is 2.72. The molecule has 4 aliphatic carbocycles. The van der Waals surface area contributed by atoms with Gasteiger partial charge in [0.25, 0.3) is 0 Å². The summed E-state index contributed by atoms with van der Waals surface area (Å²) in [7, 11) is -0.0293. The molecule has 124 heavy (non-hydrogen) atoms. The van der Waals surface area contributed by atoms with Crippen LogP contribution in [0.5, 0.6) is 46.0 Å². The van der Waals surface area contributed by atoms with Gasteiger partial charge < -0.3 is 53.6 Å². The second kappa shape index (κ2) is 41.5. The van der Waals surface area contributed by atoms with Gasteiger partial charge in [-0.15, -0.1) is 0 Å². The second-order valence-electron chi connectivity index (χ2n) is 28.7. The number of aliphatic carboxylic acids is 1. The number of imidazole rings is 2. The third-order valence-electron chi connectivity index (χ3n) is 20.5. The lowest BCUT2D eigenvalue weighted by atomic mass is 9.78. The van der Waals surface area contributed by atoms with Crippen molar-refractivity contribution in [3.05, 3.63) is 307 Å². The standard InChI is InChI=1S/C24H18F2I2O8.2C18H15S.C12H12F2O6.C12H8I2O3.C7H6N4O.CH4/c1-24(25,26)23(32)36-20-12-6-11-18(22(31)35-19(11)20)17(12)21(30)34-10-4-2-9(3-5-10)33-16-8-13(27)15(29)7-14(16)28;2*1-4-10-16(11-5-1)19(17-12-6-2-7-13-17)18-14-8-3-9-15-18;1-12(13,14)11(18)20-8-3-2-4-6(5(3)9(15)16)10(17)19-7(4)8;13-9-6-12(10(14)5-11(9)16)17-8-3-1-7(15)2-4-8;12-7(10-3-1-8-5-10)11-4-2-9-6-11;/h2-5,7-8,11-12,17-20,29H,6H2,1H3;2*1-15H;3-8H,2H2,1H3,(H,15,16);1-6,15-16H;1-6H;1H4/q;2*+1;;;;. The second-order valence-corrected chi connectivity index (χ2v) is 37.4. The number of alkyl halides is 4. The zero-order valence-electron chi connectivity index (χ0n) is 64.7. The number of hydrogen-bond donors (Lipinski definition) is 4. The van der Waals surface area contributed by atoms with E-state index in [1.54, 1.807) is 85.5 Å². The molecule has 0 spiro atoms. The van der Waals surface area contributed by atoms with Crippen LogP contribution in [0.3, 0.4) is 0 Å². The highest BCUT2D eigenvalue weighted by Crippen LogP contribution is 2.61. The fraction of sp³-hybridized carbons (Fsp3) is 0.207. The van der Waals surface area contributed by atoms with Crippen LogP contribution >= 0.6 is 90.4 Å². The topological polar surface area (TPSA) is 301 Å². The Labute approximate surface area is 770 Å². The number of ether oxygens (including phenoxy) is 7. The maximum atomic E-state index is 13.4. The van der Waals surface area contributed by atoms with Gasteiger partial charge >= 0.3 is 53.7 Å². The number of phenolic OH excluding ortho intramolecular Hbond substituents is 3. The molecule has 12 aromatic rings. The van der Waals surface area contributed by atoms with E-state index in [1.165, 1.54) is 63.3 Å². The van der Waals surface area contributed by atoms with Gasteiger partial charge in [-0.25, -0.2) is 24.4 Å². The molecular formula is C92H78F4I4N4O18S2+2. The molecule has 6 aliphatic rings. The van der Waals surface area contributed by atoms with Crippen LogP contribution in [0.1, 0.15) is 34.1 Å². The monoisotopic (exact) mass is 2170 g/mol. The van der Waals surface area contributed by atoms with Crippen molar-refractivity contribution < 1.29 is 105 Å². The summed E-state index contributed by atoms with van der Waals surface area (Å²) in [6.07, 6.45) is 6.00. The van der Waals surface area contributed by atoms with Crippen molar-refractivity contribution in [3.63, 3.8) is 0 Å². The van der Waals surface area contributed by atoms with E-state index < -0.39 is 114 Å². The minimum atomic E-state index is -3.71. The fourth-order valence-corrected chi connectivity index (χ4v) is 21.4. The van der Waals surface area contributed by atoms with E-state index in [1.807, 2.05) is 67.8 Å². The first-order valence-electron chi connectivity index (χ1n) is 37.9. The number of carbonyl (C=O) groups is 7. The molecule has 12 atom stereocenters. The summed E-state index contributed by atoms with van der Waals surface area (Å²) in [6.45, 7) is 0.829. The highest BCUT2D eigenvalue weighted by molar-refractivity contribution is 14.1. The lowest BCUT2D eigenvalue weighted by Crippen LogP contribution is -2.46. The molecule has 4 N–H and O–H groups in total. The number of esters is 5. The van der Waals surface area contributed by atoms with Crippen molar-refractivity contribution in [1.29, 1.82) is 0 Å². The molecule has 2 aromatic heterocycles. The van der Waals surface area contributed by atoms with Crippen LogP contribution in [0.2, 0.25) is 0 Å². The van der Waals surface area contributed by atoms with Crippen molar-refractivity contribution in [2.24, 2.45) is 47.3 Å². The summed E-state index contributed by atoms with van der Waals surface area (Å²) in [4.78, 5) is 98.6. The van der Waals surface area contributed by atoms with Crippen LogP contribution in [-0.4, -0.2) is 118 Å². The van der Waals surface area contributed by atoms with E-state index in [-0.39, 0.29) is 64.2 Å². The molecule has 640 valence electrons. The third kappa shape index (κ3) is 22.2. The number of carboxylic acid groups (broad SMARTS) is 1. The van der Waals surface area contributed by atoms with Gasteiger partial charge in [-0.2, -0.15) is 17.6 Å². The number of hydrogen-bond acceptors (Lipinski definition) is 19. The van der Waals surface area contributed by atoms with Crippen molar-refractivity contribution >= 4 is 154 Å². The highest BCUT2D eigenvalue weighted by atomic mass is 127. The van der Waals surface area contributed by atoms with E-state index in [2.05, 4.69) is 215 Å². The van der Waals surface area contributed by atoms with Crippen molar-refractivity contribution in [2.45, 2.75) is 99.7 Å². The summed E-state index contributed by atoms with van der Waals surface area (Å²) in [6, 6.07) is 83.5. The van der Waals surface area contributed by atoms with Gasteiger partial charge in [0.2, 0.25) is 0 Å². The molecule has 22 nitrogen and oxygen atoms in total. The maximum Gasteiger partial charge on any atom is 0.377 e. The summed E-state index contributed by atoms with van der Waals surface area (Å²) < 4.78 is 95.3. The van der Waals surface area contributed by atoms with Gasteiger partial charge in [-0.05, 0) is 249 Å². The molecule has 4 saturated carbocycles. The Morgan fingerprint density at radius 2 is 0.758 bits per heavy atom. The van der Waals surface area contributed by atoms with Crippen LogP contribution < -0.4 is 14.2 Å². The number of nitrogens with zero attached hydrogens (tertiary/aromatic N) is 4. The van der Waals surface area contributed by atoms with Gasteiger partial charge in [0.15, 0.2) is 29.4 Å². The molecule has 4 heterocycles. The van der Waals surface area contributed by atoms with Crippen LogP contribution in [0.25, 0.3) is 0 Å². The molecule has 0 amide bonds. The first kappa shape index (κ1) is 92.6. The van der Waals surface area contributed by atoms with Gasteiger partial charge in [0.05, 0.1) is 59.7 Å². The lowest BCUT2D eigenvalue weighted by molar-refractivity contribution is -0.185. The average Bonchev–Trinajstić information content (AvgIpc) is 1.55. The number of phenols is 3. The lowest BCUT2D eigenvalue weighted by Gasteiger charge is -2.30. The van der Waals surface area contributed by atoms with E-state index in [0.717, 1.165) is 7.14 Å². The number of halogens is 8. The van der Waals surface area contributed by atoms with Crippen LogP contribution in [0.4, 0.5) is 22.4 Å². The maximum absolute atomic E-state index is 13.4. The largest absolute Gasteiger partial charge is 0.508 e. The minimum Gasteiger partial charge on any atom is -0.508 e. The smallest absolute Gasteiger partial charge is 0.377 e. The Hall–Kier alpha value is -10.6. The minimum absolute atomic E-state index is 0. The molecule has 6 fully saturated rings. The number of carbonyl (C=O) groups excluding carboxylic acids is 6. The fourth-order valence-electron chi connectivity index (χ4n) is 15.2. The normalized spacial score (nSPS) is 20.5. The van der Waals surface area contributed by atoms with Gasteiger partial charge in [0.1, 0.15) is 83.1 Å². The quantitative estimate of drug-likeness (QED) is 0.0164. The number of aromatic nitrogens is 4. The number of aromatic hydroxyl groups is 3. The zero-order chi connectivity index (χ0) is 87.4. The summed E-state index contributed by atoms with van der Waals surface area (Å²) in [5.74, 6) is -16.4. The molecule has 18 rings (SSSR count). The van der Waals surface area contributed by atoms with Gasteiger partial charge in [-0.1, -0.05) is 117 Å². The Bertz CT molecular complexity index is 5330. The Kier molecular flexibility index (Phi) is 31.0. The molecule has 2 aliphatic heterocycles. The summed E-state index contributed by atoms with van der Waals surface area (Å²) >= 11 is 8.16. The van der Waals surface area contributed by atoms with Crippen molar-refractivity contribution in [3.8, 4) is 46.0 Å². The molecule has 2 saturated heterocycles. The summed E-state index contributed by atoms with van der Waals surface area (Å²) in [5.41, 5.74) is 0. The summed E-state index contributed by atoms with van der Waals surface area (Å²) in [5, 5.41) is 37.7. The number of benzene rings is 10. The number of carboxylic acids is 1. The van der Waals surface area contributed by atoms with E-state index in [4.69, 9.17) is 38.3 Å². The predicted octanol–water partition coefficient (Wildman–Crippen LogP) is 20.0. The first-order valence-corrected chi connectivity index (χ1v) is 44.7. The Morgan fingerprint density at radius 3 is 1.07 bits per heavy atom. The number of rotatable bonds is 17. The Balaban J connectivity index is 0.000000140. The zero-order valence-corrected chi connectivity index (χ0v) is 75.0. The van der Waals surface area contributed by atoms with Crippen LogP contribution in [-0.2, 0) is 69.5 Å². The Morgan fingerprint density at radius 1 is 0.444 bits per heavy atom. The van der Waals surface area contributed by atoms with E-state index in [9.17, 15) is 66.4 Å². The van der Waals surface area contributed by atoms with Gasteiger partial charge in [-0.3, -0.25) is 28.3 Å². The first-order chi connectivity index (χ1) is 59.0. The predicted molar refractivity (Wildman–Crippen MR) is 483 cm³/mol. The van der Waals surface area contributed by atoms with E-state index >= 15 is 0 Å². The third-order valence-corrected chi connectivity index (χ3v) is 28.4. The molecule has 0 radical (unpaired) electrons.